The summed E-state index contributed by atoms with van der Waals surface area (Å²) in [5.41, 5.74) is 9.10. The highest BCUT2D eigenvalue weighted by atomic mass is 16.4. The molecule has 2 aromatic carbocycles. The first-order valence-corrected chi connectivity index (χ1v) is 8.36. The number of nitrogens with one attached hydrogen (secondary N) is 1. The van der Waals surface area contributed by atoms with Crippen molar-refractivity contribution < 1.29 is 9.90 Å². The van der Waals surface area contributed by atoms with E-state index in [0.29, 0.717) is 11.6 Å². The summed E-state index contributed by atoms with van der Waals surface area (Å²) in [6, 6.07) is 11.0. The van der Waals surface area contributed by atoms with Crippen LogP contribution in [0.3, 0.4) is 0 Å². The Morgan fingerprint density at radius 1 is 1.12 bits per heavy atom. The Morgan fingerprint density at radius 3 is 2.58 bits per heavy atom. The number of hydrogen-bond acceptors (Lipinski definition) is 4. The molecule has 4 aromatic rings. The Morgan fingerprint density at radius 2 is 1.85 bits per heavy atom. The molecule has 0 aliphatic rings. The number of carboxylic acid groups (broad SMARTS) is 1. The first kappa shape index (κ1) is 16.1. The highest BCUT2D eigenvalue weighted by molar-refractivity contribution is 6.02. The van der Waals surface area contributed by atoms with Crippen molar-refractivity contribution in [3.05, 3.63) is 54.0 Å². The summed E-state index contributed by atoms with van der Waals surface area (Å²) in [6.07, 6.45) is 1.88. The van der Waals surface area contributed by atoms with Gasteiger partial charge in [0.1, 0.15) is 17.3 Å². The lowest BCUT2D eigenvalue weighted by molar-refractivity contribution is 0.0697. The molecule has 0 saturated heterocycles. The minimum absolute atomic E-state index is 0.192. The second-order valence-electron chi connectivity index (χ2n) is 6.63. The minimum atomic E-state index is -0.932. The van der Waals surface area contributed by atoms with Gasteiger partial charge in [-0.2, -0.15) is 0 Å². The number of aromatic carboxylic acids is 1. The highest BCUT2D eigenvalue weighted by Gasteiger charge is 2.15. The highest BCUT2D eigenvalue weighted by Crippen LogP contribution is 2.33. The average Bonchev–Trinajstić information content (AvgIpc) is 3.05. The lowest BCUT2D eigenvalue weighted by Gasteiger charge is -2.07. The van der Waals surface area contributed by atoms with Crippen molar-refractivity contribution in [2.75, 3.05) is 5.73 Å². The molecule has 0 bridgehead atoms. The van der Waals surface area contributed by atoms with Gasteiger partial charge < -0.3 is 15.8 Å². The van der Waals surface area contributed by atoms with E-state index in [2.05, 4.69) is 15.0 Å². The maximum atomic E-state index is 11.1. The van der Waals surface area contributed by atoms with Crippen LogP contribution in [0.15, 0.2) is 42.6 Å². The number of hydrogen-bond donors (Lipinski definition) is 3. The number of nitrogens with zero attached hydrogens (tertiary/aromatic N) is 2. The van der Waals surface area contributed by atoms with Crippen molar-refractivity contribution in [3.8, 4) is 11.1 Å². The molecular weight excluding hydrogens is 328 g/mol. The van der Waals surface area contributed by atoms with Crippen LogP contribution in [0.4, 0.5) is 5.82 Å². The molecule has 2 aromatic heterocycles. The summed E-state index contributed by atoms with van der Waals surface area (Å²) in [6.45, 7) is 4.05. The van der Waals surface area contributed by atoms with Crippen molar-refractivity contribution in [2.45, 2.75) is 19.8 Å². The first-order chi connectivity index (χ1) is 12.4. The third-order valence-corrected chi connectivity index (χ3v) is 4.49. The summed E-state index contributed by atoms with van der Waals surface area (Å²) in [5, 5.41) is 11.8. The van der Waals surface area contributed by atoms with Crippen molar-refractivity contribution >= 4 is 33.6 Å². The average molecular weight is 346 g/mol. The number of H-pyrrole nitrogens is 1. The number of carbonyl (C=O) groups is 1. The Balaban J connectivity index is 1.87. The predicted molar refractivity (Wildman–Crippen MR) is 102 cm³/mol. The second kappa shape index (κ2) is 5.84. The predicted octanol–water partition coefficient (Wildman–Crippen LogP) is 4.18. The van der Waals surface area contributed by atoms with Gasteiger partial charge in [0.05, 0.1) is 10.9 Å². The van der Waals surface area contributed by atoms with Gasteiger partial charge in [-0.05, 0) is 34.5 Å². The van der Waals surface area contributed by atoms with E-state index in [1.54, 1.807) is 12.1 Å². The quantitative estimate of drug-likeness (QED) is 0.516. The lowest BCUT2D eigenvalue weighted by atomic mass is 10.00. The number of carboxylic acids is 1. The number of fused-ring (bicyclic) bond motifs is 2. The number of nitrogens with two attached hydrogens (primary N) is 1. The van der Waals surface area contributed by atoms with Gasteiger partial charge in [-0.15, -0.1) is 0 Å². The van der Waals surface area contributed by atoms with Crippen molar-refractivity contribution in [1.82, 2.24) is 15.0 Å². The Labute approximate surface area is 149 Å². The fraction of sp³-hybridized carbons (Fsp3) is 0.150. The van der Waals surface area contributed by atoms with Gasteiger partial charge in [0.25, 0.3) is 0 Å². The second-order valence-corrected chi connectivity index (χ2v) is 6.63. The van der Waals surface area contributed by atoms with E-state index in [1.165, 1.54) is 0 Å². The zero-order valence-electron chi connectivity index (χ0n) is 14.4. The zero-order chi connectivity index (χ0) is 18.4. The molecule has 0 amide bonds. The molecule has 0 atom stereocenters. The smallest absolute Gasteiger partial charge is 0.335 e. The van der Waals surface area contributed by atoms with Crippen LogP contribution in [-0.4, -0.2) is 26.0 Å². The van der Waals surface area contributed by atoms with Gasteiger partial charge in [0, 0.05) is 17.7 Å². The molecule has 0 aliphatic heterocycles. The summed E-state index contributed by atoms with van der Waals surface area (Å²) >= 11 is 0. The monoisotopic (exact) mass is 346 g/mol. The summed E-state index contributed by atoms with van der Waals surface area (Å²) in [5.74, 6) is 0.426. The van der Waals surface area contributed by atoms with Crippen LogP contribution in [0.5, 0.6) is 0 Å². The molecular formula is C20H18N4O2. The van der Waals surface area contributed by atoms with Crippen molar-refractivity contribution in [1.29, 1.82) is 0 Å². The largest absolute Gasteiger partial charge is 0.478 e. The van der Waals surface area contributed by atoms with Crippen LogP contribution in [0.2, 0.25) is 0 Å². The molecule has 0 spiro atoms. The van der Waals surface area contributed by atoms with E-state index in [-0.39, 0.29) is 11.5 Å². The van der Waals surface area contributed by atoms with E-state index >= 15 is 0 Å². The van der Waals surface area contributed by atoms with Gasteiger partial charge in [0.2, 0.25) is 0 Å². The fourth-order valence-electron chi connectivity index (χ4n) is 3.11. The minimum Gasteiger partial charge on any atom is -0.478 e. The van der Waals surface area contributed by atoms with Crippen LogP contribution >= 0.6 is 0 Å². The number of anilines is 1. The molecule has 4 rings (SSSR count). The number of nitrogen functional groups attached to an aromatic ring is 1. The van der Waals surface area contributed by atoms with Crippen LogP contribution in [0.25, 0.3) is 32.9 Å². The standard InChI is InChI=1S/C20H18N4O2/c1-10(2)18-23-17(21)16-15(9-22-19(16)24-18)13-5-3-12-8-14(20(25)26)6-4-11(12)7-13/h3-10H,1-2H3,(H,25,26)(H3,21,22,23,24). The Kier molecular flexibility index (Phi) is 3.61. The number of aromatic nitrogens is 3. The van der Waals surface area contributed by atoms with Crippen molar-refractivity contribution in [2.24, 2.45) is 0 Å². The third kappa shape index (κ3) is 2.56. The van der Waals surface area contributed by atoms with Gasteiger partial charge in [-0.25, -0.2) is 14.8 Å². The third-order valence-electron chi connectivity index (χ3n) is 4.49. The molecule has 0 aliphatic carbocycles. The fourth-order valence-corrected chi connectivity index (χ4v) is 3.11. The van der Waals surface area contributed by atoms with Crippen LogP contribution in [-0.2, 0) is 0 Å². The van der Waals surface area contributed by atoms with Gasteiger partial charge in [0.15, 0.2) is 0 Å². The maximum absolute atomic E-state index is 11.1. The SMILES string of the molecule is CC(C)c1nc(N)c2c(-c3ccc4cc(C(=O)O)ccc4c3)c[nH]c2n1. The normalized spacial score (nSPS) is 11.5. The van der Waals surface area contributed by atoms with E-state index in [4.69, 9.17) is 10.8 Å². The zero-order valence-corrected chi connectivity index (χ0v) is 14.4. The van der Waals surface area contributed by atoms with Gasteiger partial charge >= 0.3 is 5.97 Å². The Hall–Kier alpha value is -3.41. The molecule has 0 unspecified atom stereocenters. The molecule has 2 heterocycles. The Bertz CT molecular complexity index is 1160. The molecule has 4 N–H and O–H groups in total. The van der Waals surface area contributed by atoms with Crippen LogP contribution < -0.4 is 5.73 Å². The molecule has 6 nitrogen and oxygen atoms in total. The number of aromatic amines is 1. The summed E-state index contributed by atoms with van der Waals surface area (Å²) in [4.78, 5) is 23.3. The van der Waals surface area contributed by atoms with E-state index < -0.39 is 5.97 Å². The summed E-state index contributed by atoms with van der Waals surface area (Å²) in [7, 11) is 0. The maximum Gasteiger partial charge on any atom is 0.335 e. The molecule has 130 valence electrons. The molecule has 0 radical (unpaired) electrons. The molecule has 0 fully saturated rings. The number of benzene rings is 2. The van der Waals surface area contributed by atoms with Crippen LogP contribution in [0, 0.1) is 0 Å². The van der Waals surface area contributed by atoms with Gasteiger partial charge in [-0.1, -0.05) is 32.0 Å². The number of rotatable bonds is 3. The topological polar surface area (TPSA) is 105 Å². The van der Waals surface area contributed by atoms with Crippen molar-refractivity contribution in [3.63, 3.8) is 0 Å². The molecule has 6 heteroatoms. The summed E-state index contributed by atoms with van der Waals surface area (Å²) < 4.78 is 0. The van der Waals surface area contributed by atoms with E-state index in [9.17, 15) is 4.79 Å². The molecule has 0 saturated carbocycles. The van der Waals surface area contributed by atoms with Crippen LogP contribution in [0.1, 0.15) is 35.9 Å². The van der Waals surface area contributed by atoms with E-state index in [1.807, 2.05) is 44.3 Å². The lowest BCUT2D eigenvalue weighted by Crippen LogP contribution is -2.02. The first-order valence-electron chi connectivity index (χ1n) is 8.36. The van der Waals surface area contributed by atoms with E-state index in [0.717, 1.165) is 32.9 Å². The van der Waals surface area contributed by atoms with Gasteiger partial charge in [-0.3, -0.25) is 0 Å². The molecule has 26 heavy (non-hydrogen) atoms.